The molecule has 1 aromatic carbocycles. The maximum Gasteiger partial charge on any atom is 0.244 e. The predicted molar refractivity (Wildman–Crippen MR) is 77.1 cm³/mol. The van der Waals surface area contributed by atoms with Gasteiger partial charge >= 0.3 is 0 Å². The summed E-state index contributed by atoms with van der Waals surface area (Å²) in [5, 5.41) is 11.5. The first-order chi connectivity index (χ1) is 8.61. The maximum absolute atomic E-state index is 11.6. The molecule has 1 amide bonds. The number of rotatable bonds is 6. The molecule has 0 bridgehead atoms. The molecule has 4 heteroatoms. The Morgan fingerprint density at radius 3 is 2.72 bits per heavy atom. The molecule has 0 aromatic heterocycles. The normalized spacial score (nSPS) is 12.6. The molecule has 98 valence electrons. The van der Waals surface area contributed by atoms with Gasteiger partial charge in [-0.1, -0.05) is 28.1 Å². The summed E-state index contributed by atoms with van der Waals surface area (Å²) >= 11 is 3.36. The third-order valence-corrected chi connectivity index (χ3v) is 3.01. The van der Waals surface area contributed by atoms with Crippen LogP contribution < -0.4 is 5.32 Å². The van der Waals surface area contributed by atoms with E-state index in [0.717, 1.165) is 16.5 Å². The Kier molecular flexibility index (Phi) is 6.68. The highest BCUT2D eigenvalue weighted by Crippen LogP contribution is 2.11. The predicted octanol–water partition coefficient (Wildman–Crippen LogP) is 2.74. The Morgan fingerprint density at radius 2 is 2.11 bits per heavy atom. The molecule has 0 heterocycles. The van der Waals surface area contributed by atoms with E-state index in [1.807, 2.05) is 31.2 Å². The minimum atomic E-state index is -0.108. The minimum Gasteiger partial charge on any atom is -0.396 e. The smallest absolute Gasteiger partial charge is 0.244 e. The lowest BCUT2D eigenvalue weighted by atomic mass is 10.2. The van der Waals surface area contributed by atoms with E-state index in [1.165, 1.54) is 6.08 Å². The molecule has 0 saturated heterocycles. The van der Waals surface area contributed by atoms with E-state index in [9.17, 15) is 4.79 Å². The number of carbonyl (C=O) groups excluding carboxylic acids is 1. The van der Waals surface area contributed by atoms with E-state index in [1.54, 1.807) is 6.08 Å². The van der Waals surface area contributed by atoms with Crippen molar-refractivity contribution in [2.45, 2.75) is 25.8 Å². The molecule has 1 unspecified atom stereocenters. The van der Waals surface area contributed by atoms with Crippen LogP contribution in [0, 0.1) is 0 Å². The maximum atomic E-state index is 11.6. The van der Waals surface area contributed by atoms with Crippen molar-refractivity contribution in [2.24, 2.45) is 0 Å². The SMILES string of the molecule is CC(CCCO)NC(=O)C=Cc1ccc(Br)cc1. The average Bonchev–Trinajstić information content (AvgIpc) is 2.35. The van der Waals surface area contributed by atoms with Crippen molar-refractivity contribution in [3.05, 3.63) is 40.4 Å². The van der Waals surface area contributed by atoms with Crippen LogP contribution in [0.3, 0.4) is 0 Å². The molecule has 1 rings (SSSR count). The van der Waals surface area contributed by atoms with Gasteiger partial charge in [-0.2, -0.15) is 0 Å². The Balaban J connectivity index is 2.41. The molecule has 0 radical (unpaired) electrons. The van der Waals surface area contributed by atoms with Gasteiger partial charge in [-0.05, 0) is 43.5 Å². The number of halogens is 1. The molecular weight excluding hydrogens is 294 g/mol. The fraction of sp³-hybridized carbons (Fsp3) is 0.357. The summed E-state index contributed by atoms with van der Waals surface area (Å²) in [6.07, 6.45) is 4.80. The van der Waals surface area contributed by atoms with Gasteiger partial charge in [-0.25, -0.2) is 0 Å². The quantitative estimate of drug-likeness (QED) is 0.794. The zero-order chi connectivity index (χ0) is 13.4. The molecule has 0 aliphatic rings. The van der Waals surface area contributed by atoms with Gasteiger partial charge in [0.25, 0.3) is 0 Å². The van der Waals surface area contributed by atoms with E-state index in [-0.39, 0.29) is 18.6 Å². The van der Waals surface area contributed by atoms with Crippen LogP contribution in [0.25, 0.3) is 6.08 Å². The standard InChI is InChI=1S/C14H18BrNO2/c1-11(3-2-10-17)16-14(18)9-6-12-4-7-13(15)8-5-12/h4-9,11,17H,2-3,10H2,1H3,(H,16,18). The largest absolute Gasteiger partial charge is 0.396 e. The summed E-state index contributed by atoms with van der Waals surface area (Å²) < 4.78 is 1.02. The Hall–Kier alpha value is -1.13. The van der Waals surface area contributed by atoms with Gasteiger partial charge in [0, 0.05) is 23.2 Å². The fourth-order valence-corrected chi connectivity index (χ4v) is 1.77. The van der Waals surface area contributed by atoms with Crippen molar-refractivity contribution >= 4 is 27.9 Å². The molecule has 0 saturated carbocycles. The first-order valence-corrected chi connectivity index (χ1v) is 6.76. The summed E-state index contributed by atoms with van der Waals surface area (Å²) in [5.74, 6) is -0.108. The van der Waals surface area contributed by atoms with Crippen molar-refractivity contribution in [1.29, 1.82) is 0 Å². The van der Waals surface area contributed by atoms with Crippen LogP contribution in [-0.2, 0) is 4.79 Å². The number of aliphatic hydroxyl groups excluding tert-OH is 1. The number of hydrogen-bond acceptors (Lipinski definition) is 2. The number of nitrogens with one attached hydrogen (secondary N) is 1. The lowest BCUT2D eigenvalue weighted by molar-refractivity contribution is -0.117. The van der Waals surface area contributed by atoms with Crippen molar-refractivity contribution in [3.63, 3.8) is 0 Å². The minimum absolute atomic E-state index is 0.0826. The third kappa shape index (κ3) is 5.98. The Bertz CT molecular complexity index is 401. The molecule has 1 aromatic rings. The summed E-state index contributed by atoms with van der Waals surface area (Å²) in [7, 11) is 0. The molecule has 18 heavy (non-hydrogen) atoms. The van der Waals surface area contributed by atoms with Gasteiger partial charge < -0.3 is 10.4 Å². The van der Waals surface area contributed by atoms with E-state index in [4.69, 9.17) is 5.11 Å². The second-order valence-corrected chi connectivity index (χ2v) is 5.08. The lowest BCUT2D eigenvalue weighted by Gasteiger charge is -2.10. The fourth-order valence-electron chi connectivity index (χ4n) is 1.51. The summed E-state index contributed by atoms with van der Waals surface area (Å²) in [6.45, 7) is 2.09. The van der Waals surface area contributed by atoms with Gasteiger partial charge in [0.2, 0.25) is 5.91 Å². The first-order valence-electron chi connectivity index (χ1n) is 5.97. The lowest BCUT2D eigenvalue weighted by Crippen LogP contribution is -2.31. The van der Waals surface area contributed by atoms with Gasteiger partial charge in [-0.3, -0.25) is 4.79 Å². The molecule has 0 aliphatic carbocycles. The second-order valence-electron chi connectivity index (χ2n) is 4.16. The van der Waals surface area contributed by atoms with Crippen LogP contribution in [0.1, 0.15) is 25.3 Å². The van der Waals surface area contributed by atoms with Gasteiger partial charge in [0.1, 0.15) is 0 Å². The molecule has 1 atom stereocenters. The topological polar surface area (TPSA) is 49.3 Å². The van der Waals surface area contributed by atoms with E-state index in [0.29, 0.717) is 6.42 Å². The van der Waals surface area contributed by atoms with Crippen molar-refractivity contribution in [1.82, 2.24) is 5.32 Å². The van der Waals surface area contributed by atoms with Crippen LogP contribution in [0.2, 0.25) is 0 Å². The number of aliphatic hydroxyl groups is 1. The van der Waals surface area contributed by atoms with Crippen LogP contribution in [0.15, 0.2) is 34.8 Å². The summed E-state index contributed by atoms with van der Waals surface area (Å²) in [6, 6.07) is 7.81. The number of hydrogen-bond donors (Lipinski definition) is 2. The number of carbonyl (C=O) groups is 1. The van der Waals surface area contributed by atoms with Gasteiger partial charge in [0.05, 0.1) is 0 Å². The molecule has 2 N–H and O–H groups in total. The van der Waals surface area contributed by atoms with Gasteiger partial charge in [-0.15, -0.1) is 0 Å². The highest BCUT2D eigenvalue weighted by molar-refractivity contribution is 9.10. The van der Waals surface area contributed by atoms with Crippen molar-refractivity contribution in [2.75, 3.05) is 6.61 Å². The highest BCUT2D eigenvalue weighted by atomic mass is 79.9. The van der Waals surface area contributed by atoms with E-state index >= 15 is 0 Å². The van der Waals surface area contributed by atoms with E-state index < -0.39 is 0 Å². The number of benzene rings is 1. The monoisotopic (exact) mass is 311 g/mol. The zero-order valence-electron chi connectivity index (χ0n) is 10.4. The van der Waals surface area contributed by atoms with Crippen molar-refractivity contribution in [3.8, 4) is 0 Å². The molecule has 3 nitrogen and oxygen atoms in total. The van der Waals surface area contributed by atoms with Crippen LogP contribution in [0.4, 0.5) is 0 Å². The molecule has 0 spiro atoms. The van der Waals surface area contributed by atoms with Gasteiger partial charge in [0.15, 0.2) is 0 Å². The Labute approximate surface area is 116 Å². The molecule has 0 fully saturated rings. The average molecular weight is 312 g/mol. The van der Waals surface area contributed by atoms with Crippen molar-refractivity contribution < 1.29 is 9.90 Å². The third-order valence-electron chi connectivity index (χ3n) is 2.48. The molecule has 0 aliphatic heterocycles. The first kappa shape index (κ1) is 14.9. The number of amides is 1. The summed E-state index contributed by atoms with van der Waals surface area (Å²) in [5.41, 5.74) is 0.983. The molecular formula is C14H18BrNO2. The Morgan fingerprint density at radius 1 is 1.44 bits per heavy atom. The van der Waals surface area contributed by atoms with Crippen LogP contribution in [0.5, 0.6) is 0 Å². The van der Waals surface area contributed by atoms with E-state index in [2.05, 4.69) is 21.2 Å². The zero-order valence-corrected chi connectivity index (χ0v) is 12.0. The second kappa shape index (κ2) is 8.06. The van der Waals surface area contributed by atoms with Crippen LogP contribution in [-0.4, -0.2) is 23.7 Å². The summed E-state index contributed by atoms with van der Waals surface area (Å²) in [4.78, 5) is 11.6. The van der Waals surface area contributed by atoms with Crippen LogP contribution >= 0.6 is 15.9 Å². The highest BCUT2D eigenvalue weighted by Gasteiger charge is 2.03.